The molecule has 1 heterocycles. The van der Waals surface area contributed by atoms with Crippen molar-refractivity contribution in [2.45, 2.75) is 17.6 Å². The highest BCUT2D eigenvalue weighted by atomic mass is 32.2. The van der Waals surface area contributed by atoms with Crippen molar-refractivity contribution in [3.63, 3.8) is 0 Å². The van der Waals surface area contributed by atoms with Gasteiger partial charge in [-0.25, -0.2) is 9.37 Å². The molecule has 18 heavy (non-hydrogen) atoms. The van der Waals surface area contributed by atoms with Crippen LogP contribution >= 0.6 is 11.8 Å². The molecular formula is C12H10F2N2OS. The van der Waals surface area contributed by atoms with Crippen molar-refractivity contribution >= 4 is 11.8 Å². The number of aromatic amines is 1. The van der Waals surface area contributed by atoms with Crippen molar-refractivity contribution in [1.29, 1.82) is 0 Å². The normalized spacial score (nSPS) is 10.6. The fourth-order valence-electron chi connectivity index (χ4n) is 1.41. The molecule has 0 atom stereocenters. The van der Waals surface area contributed by atoms with E-state index in [9.17, 15) is 13.6 Å². The Bertz CT molecular complexity index is 628. The van der Waals surface area contributed by atoms with E-state index < -0.39 is 11.4 Å². The Morgan fingerprint density at radius 2 is 2.06 bits per heavy atom. The van der Waals surface area contributed by atoms with Crippen LogP contribution in [0.5, 0.6) is 0 Å². The van der Waals surface area contributed by atoms with Crippen molar-refractivity contribution in [2.24, 2.45) is 0 Å². The molecule has 1 N–H and O–H groups in total. The van der Waals surface area contributed by atoms with Crippen molar-refractivity contribution < 1.29 is 8.78 Å². The van der Waals surface area contributed by atoms with Gasteiger partial charge in [-0.15, -0.1) is 11.8 Å². The number of hydrogen-bond donors (Lipinski definition) is 1. The number of H-pyrrole nitrogens is 1. The fraction of sp³-hybridized carbons (Fsp3) is 0.167. The fourth-order valence-corrected chi connectivity index (χ4v) is 2.22. The molecule has 0 aliphatic carbocycles. The summed E-state index contributed by atoms with van der Waals surface area (Å²) < 4.78 is 26.4. The van der Waals surface area contributed by atoms with E-state index in [1.807, 2.05) is 0 Å². The molecule has 1 aromatic carbocycles. The molecule has 2 rings (SSSR count). The minimum atomic E-state index is -0.880. The quantitative estimate of drug-likeness (QED) is 0.870. The highest BCUT2D eigenvalue weighted by Crippen LogP contribution is 2.23. The highest BCUT2D eigenvalue weighted by molar-refractivity contribution is 7.98. The van der Waals surface area contributed by atoms with Crippen molar-refractivity contribution in [2.75, 3.05) is 0 Å². The number of halogens is 2. The first kappa shape index (κ1) is 12.8. The van der Waals surface area contributed by atoms with Gasteiger partial charge in [-0.05, 0) is 19.1 Å². The smallest absolute Gasteiger partial charge is 0.287 e. The third-order valence-corrected chi connectivity index (χ3v) is 3.34. The van der Waals surface area contributed by atoms with Gasteiger partial charge < -0.3 is 4.98 Å². The van der Waals surface area contributed by atoms with Gasteiger partial charge in [0.1, 0.15) is 11.6 Å². The average molecular weight is 268 g/mol. The molecular weight excluding hydrogens is 258 g/mol. The molecule has 0 amide bonds. The number of benzene rings is 1. The van der Waals surface area contributed by atoms with Crippen LogP contribution < -0.4 is 5.56 Å². The highest BCUT2D eigenvalue weighted by Gasteiger charge is 2.08. The second-order valence-corrected chi connectivity index (χ2v) is 4.65. The maximum absolute atomic E-state index is 13.3. The molecule has 3 nitrogen and oxygen atoms in total. The molecule has 0 spiro atoms. The monoisotopic (exact) mass is 268 g/mol. The lowest BCUT2D eigenvalue weighted by Gasteiger charge is -2.03. The van der Waals surface area contributed by atoms with Gasteiger partial charge in [0.15, 0.2) is 0 Å². The number of thioether (sulfide) groups is 1. The summed E-state index contributed by atoms with van der Waals surface area (Å²) in [7, 11) is 0. The number of aromatic nitrogens is 2. The lowest BCUT2D eigenvalue weighted by Crippen LogP contribution is -2.16. The predicted molar refractivity (Wildman–Crippen MR) is 65.5 cm³/mol. The van der Waals surface area contributed by atoms with E-state index in [-0.39, 0.29) is 17.3 Å². The van der Waals surface area contributed by atoms with Gasteiger partial charge in [0.25, 0.3) is 5.56 Å². The molecule has 0 fully saturated rings. The predicted octanol–water partition coefficient (Wildman–Crippen LogP) is 2.65. The lowest BCUT2D eigenvalue weighted by molar-refractivity contribution is 0.584. The van der Waals surface area contributed by atoms with Gasteiger partial charge >= 0.3 is 0 Å². The zero-order valence-corrected chi connectivity index (χ0v) is 10.4. The molecule has 0 saturated carbocycles. The van der Waals surface area contributed by atoms with Crippen LogP contribution in [0.3, 0.4) is 0 Å². The number of nitrogens with one attached hydrogen (secondary N) is 1. The number of aryl methyl sites for hydroxylation is 1. The van der Waals surface area contributed by atoms with Crippen LogP contribution in [0.15, 0.2) is 34.0 Å². The lowest BCUT2D eigenvalue weighted by atomic mass is 10.3. The minimum absolute atomic E-state index is 0.0443. The van der Waals surface area contributed by atoms with Gasteiger partial charge in [-0.2, -0.15) is 4.39 Å². The molecule has 0 aliphatic heterocycles. The summed E-state index contributed by atoms with van der Waals surface area (Å²) in [5, 5.41) is 0. The maximum Gasteiger partial charge on any atom is 0.287 e. The number of hydrogen-bond acceptors (Lipinski definition) is 3. The Labute approximate surface area is 106 Å². The molecule has 0 aliphatic rings. The minimum Gasteiger partial charge on any atom is -0.307 e. The van der Waals surface area contributed by atoms with E-state index >= 15 is 0 Å². The summed E-state index contributed by atoms with van der Waals surface area (Å²) in [6.45, 7) is 1.42. The second-order valence-electron chi connectivity index (χ2n) is 3.63. The van der Waals surface area contributed by atoms with Crippen LogP contribution in [-0.2, 0) is 5.75 Å². The van der Waals surface area contributed by atoms with Crippen LogP contribution in [0, 0.1) is 18.6 Å². The first-order chi connectivity index (χ1) is 8.58. The van der Waals surface area contributed by atoms with Gasteiger partial charge in [-0.1, -0.05) is 12.1 Å². The number of nitrogens with zero attached hydrogens (tertiary/aromatic N) is 1. The zero-order chi connectivity index (χ0) is 13.1. The van der Waals surface area contributed by atoms with Crippen LogP contribution in [0.1, 0.15) is 11.5 Å². The van der Waals surface area contributed by atoms with Crippen molar-refractivity contribution in [3.8, 4) is 0 Å². The molecule has 1 aromatic heterocycles. The molecule has 0 saturated heterocycles. The first-order valence-corrected chi connectivity index (χ1v) is 6.19. The van der Waals surface area contributed by atoms with Crippen molar-refractivity contribution in [1.82, 2.24) is 9.97 Å². The second kappa shape index (κ2) is 5.30. The van der Waals surface area contributed by atoms with Crippen LogP contribution in [0.25, 0.3) is 0 Å². The average Bonchev–Trinajstić information content (AvgIpc) is 2.35. The van der Waals surface area contributed by atoms with E-state index in [0.29, 0.717) is 10.7 Å². The topological polar surface area (TPSA) is 45.8 Å². The Kier molecular flexibility index (Phi) is 3.76. The summed E-state index contributed by atoms with van der Waals surface area (Å²) >= 11 is 1.19. The largest absolute Gasteiger partial charge is 0.307 e. The van der Waals surface area contributed by atoms with Gasteiger partial charge in [-0.3, -0.25) is 4.79 Å². The third-order valence-electron chi connectivity index (χ3n) is 2.28. The summed E-state index contributed by atoms with van der Waals surface area (Å²) in [6, 6.07) is 6.31. The summed E-state index contributed by atoms with van der Waals surface area (Å²) in [6.07, 6.45) is 0. The van der Waals surface area contributed by atoms with E-state index in [4.69, 9.17) is 0 Å². The van der Waals surface area contributed by atoms with Crippen LogP contribution in [-0.4, -0.2) is 9.97 Å². The van der Waals surface area contributed by atoms with E-state index in [1.165, 1.54) is 24.8 Å². The molecule has 0 radical (unpaired) electrons. The van der Waals surface area contributed by atoms with E-state index in [1.54, 1.807) is 18.2 Å². The molecule has 0 bridgehead atoms. The Hall–Kier alpha value is -1.69. The SMILES string of the molecule is Cc1nc(CSc2ccccc2F)[nH]c(=O)c1F. The third kappa shape index (κ3) is 2.76. The van der Waals surface area contributed by atoms with Gasteiger partial charge in [0, 0.05) is 4.90 Å². The summed E-state index contributed by atoms with van der Waals surface area (Å²) in [5.41, 5.74) is -0.755. The molecule has 94 valence electrons. The van der Waals surface area contributed by atoms with E-state index in [0.717, 1.165) is 0 Å². The van der Waals surface area contributed by atoms with Crippen molar-refractivity contribution in [3.05, 3.63) is 57.8 Å². The molecule has 2 aromatic rings. The molecule has 6 heteroatoms. The van der Waals surface area contributed by atoms with Gasteiger partial charge in [0.2, 0.25) is 5.82 Å². The molecule has 0 unspecified atom stereocenters. The first-order valence-electron chi connectivity index (χ1n) is 5.20. The van der Waals surface area contributed by atoms with Gasteiger partial charge in [0.05, 0.1) is 11.4 Å². The standard InChI is InChI=1S/C12H10F2N2OS/c1-7-11(14)12(17)16-10(15-7)6-18-9-5-3-2-4-8(9)13/h2-5H,6H2,1H3,(H,15,16,17). The van der Waals surface area contributed by atoms with Crippen LogP contribution in [0.2, 0.25) is 0 Å². The Morgan fingerprint density at radius 3 is 2.72 bits per heavy atom. The summed E-state index contributed by atoms with van der Waals surface area (Å²) in [5.74, 6) is -0.609. The number of rotatable bonds is 3. The Balaban J connectivity index is 2.17. The van der Waals surface area contributed by atoms with Crippen LogP contribution in [0.4, 0.5) is 8.78 Å². The Morgan fingerprint density at radius 1 is 1.33 bits per heavy atom. The zero-order valence-electron chi connectivity index (χ0n) is 9.54. The van der Waals surface area contributed by atoms with E-state index in [2.05, 4.69) is 9.97 Å². The summed E-state index contributed by atoms with van der Waals surface area (Å²) in [4.78, 5) is 17.9. The maximum atomic E-state index is 13.3.